The van der Waals surface area contributed by atoms with Crippen molar-refractivity contribution in [3.8, 4) is 33.8 Å². The second-order valence-corrected chi connectivity index (χ2v) is 10.6. The molecule has 5 rings (SSSR count). The molecule has 4 aromatic rings. The van der Waals surface area contributed by atoms with Gasteiger partial charge >= 0.3 is 0 Å². The maximum absolute atomic E-state index is 13.0. The fourth-order valence-corrected chi connectivity index (χ4v) is 5.26. The molecule has 4 aromatic carbocycles. The maximum atomic E-state index is 13.0. The third-order valence-corrected chi connectivity index (χ3v) is 7.51. The van der Waals surface area contributed by atoms with Gasteiger partial charge in [0.2, 0.25) is 0 Å². The van der Waals surface area contributed by atoms with Crippen LogP contribution in [0.1, 0.15) is 29.5 Å². The van der Waals surface area contributed by atoms with E-state index in [2.05, 4.69) is 91.7 Å². The van der Waals surface area contributed by atoms with E-state index >= 15 is 0 Å². The van der Waals surface area contributed by atoms with Crippen molar-refractivity contribution in [2.24, 2.45) is 0 Å². The van der Waals surface area contributed by atoms with Gasteiger partial charge in [-0.25, -0.2) is 0 Å². The number of Topliss-reactive ketones (excluding diaryl/α,β-unsaturated/α-hetero) is 1. The first-order chi connectivity index (χ1) is 19.0. The summed E-state index contributed by atoms with van der Waals surface area (Å²) in [5.41, 5.74) is 7.60. The van der Waals surface area contributed by atoms with E-state index in [4.69, 9.17) is 9.47 Å². The van der Waals surface area contributed by atoms with Crippen LogP contribution in [0.2, 0.25) is 0 Å². The molecular formula is C35H37NO3. The fraction of sp³-hybridized carbons (Fsp3) is 0.286. The zero-order chi connectivity index (χ0) is 27.2. The Morgan fingerprint density at radius 3 is 2.10 bits per heavy atom. The van der Waals surface area contributed by atoms with Crippen molar-refractivity contribution in [2.75, 3.05) is 27.2 Å². The molecule has 1 aliphatic heterocycles. The minimum atomic E-state index is 0.193. The minimum Gasteiger partial charge on any atom is -0.496 e. The number of methoxy groups -OCH3 is 1. The van der Waals surface area contributed by atoms with Crippen LogP contribution in [0.5, 0.6) is 11.5 Å². The van der Waals surface area contributed by atoms with Crippen LogP contribution in [0.25, 0.3) is 22.3 Å². The van der Waals surface area contributed by atoms with Crippen molar-refractivity contribution in [1.82, 2.24) is 4.90 Å². The third kappa shape index (κ3) is 6.96. The van der Waals surface area contributed by atoms with Crippen LogP contribution < -0.4 is 9.47 Å². The van der Waals surface area contributed by atoms with E-state index in [0.29, 0.717) is 18.9 Å². The number of carbonyl (C=O) groups is 1. The van der Waals surface area contributed by atoms with Crippen LogP contribution >= 0.6 is 0 Å². The molecule has 0 radical (unpaired) electrons. The second-order valence-electron chi connectivity index (χ2n) is 10.6. The lowest BCUT2D eigenvalue weighted by atomic mass is 9.96. The van der Waals surface area contributed by atoms with Gasteiger partial charge in [0, 0.05) is 31.5 Å². The lowest BCUT2D eigenvalue weighted by molar-refractivity contribution is -0.117. The van der Waals surface area contributed by atoms with Crippen molar-refractivity contribution in [2.45, 2.75) is 38.7 Å². The monoisotopic (exact) mass is 519 g/mol. The molecule has 0 bridgehead atoms. The predicted molar refractivity (Wildman–Crippen MR) is 159 cm³/mol. The van der Waals surface area contributed by atoms with Crippen LogP contribution in [0, 0.1) is 6.92 Å². The Bertz CT molecular complexity index is 1400. The molecule has 0 saturated carbocycles. The van der Waals surface area contributed by atoms with Crippen LogP contribution in [-0.2, 0) is 17.6 Å². The molecule has 0 spiro atoms. The summed E-state index contributed by atoms with van der Waals surface area (Å²) in [4.78, 5) is 15.3. The number of rotatable bonds is 9. The molecule has 1 fully saturated rings. The number of aryl methyl sites for hydroxylation is 1. The fourth-order valence-electron chi connectivity index (χ4n) is 5.26. The Morgan fingerprint density at radius 1 is 0.795 bits per heavy atom. The van der Waals surface area contributed by atoms with Gasteiger partial charge in [-0.05, 0) is 78.9 Å². The van der Waals surface area contributed by atoms with E-state index in [1.54, 1.807) is 7.11 Å². The van der Waals surface area contributed by atoms with E-state index in [-0.39, 0.29) is 5.78 Å². The lowest BCUT2D eigenvalue weighted by Crippen LogP contribution is -2.35. The molecule has 4 nitrogen and oxygen atoms in total. The average Bonchev–Trinajstić information content (AvgIpc) is 2.95. The number of ether oxygens (including phenoxy) is 2. The Labute approximate surface area is 232 Å². The van der Waals surface area contributed by atoms with E-state index in [1.165, 1.54) is 5.56 Å². The smallest absolute Gasteiger partial charge is 0.141 e. The molecule has 0 atom stereocenters. The Kier molecular flexibility index (Phi) is 8.43. The second kappa shape index (κ2) is 12.3. The van der Waals surface area contributed by atoms with Gasteiger partial charge in [0.15, 0.2) is 0 Å². The van der Waals surface area contributed by atoms with E-state index in [0.717, 1.165) is 70.8 Å². The van der Waals surface area contributed by atoms with Gasteiger partial charge in [-0.1, -0.05) is 72.3 Å². The molecule has 0 aromatic heterocycles. The largest absolute Gasteiger partial charge is 0.496 e. The number of piperidine rings is 1. The number of benzene rings is 4. The van der Waals surface area contributed by atoms with Gasteiger partial charge in [0.25, 0.3) is 0 Å². The van der Waals surface area contributed by atoms with Crippen molar-refractivity contribution >= 4 is 5.78 Å². The summed E-state index contributed by atoms with van der Waals surface area (Å²) in [7, 11) is 3.84. The summed E-state index contributed by atoms with van der Waals surface area (Å²) < 4.78 is 11.8. The standard InChI is InChI=1S/C35H37NO3/c1-25-5-4-6-30(21-25)34-24-27(9-16-35(34)38-3)23-31(37)22-26-7-10-28(11-8-26)29-12-14-32(15-13-29)39-33-17-19-36(2)20-18-33/h4-16,21,24,33H,17-20,22-23H2,1-3H3. The van der Waals surface area contributed by atoms with E-state index in [1.807, 2.05) is 18.2 Å². The SMILES string of the molecule is COc1ccc(CC(=O)Cc2ccc(-c3ccc(OC4CCN(C)CC4)cc3)cc2)cc1-c1cccc(C)c1. The Morgan fingerprint density at radius 2 is 1.44 bits per heavy atom. The normalized spacial score (nSPS) is 14.2. The zero-order valence-corrected chi connectivity index (χ0v) is 23.2. The summed E-state index contributed by atoms with van der Waals surface area (Å²) in [5, 5.41) is 0. The van der Waals surface area contributed by atoms with Gasteiger partial charge < -0.3 is 14.4 Å². The van der Waals surface area contributed by atoms with Crippen molar-refractivity contribution in [1.29, 1.82) is 0 Å². The van der Waals surface area contributed by atoms with Gasteiger partial charge in [-0.2, -0.15) is 0 Å². The van der Waals surface area contributed by atoms with Crippen molar-refractivity contribution in [3.63, 3.8) is 0 Å². The molecular weight excluding hydrogens is 482 g/mol. The molecule has 1 aliphatic rings. The molecule has 39 heavy (non-hydrogen) atoms. The molecule has 0 amide bonds. The van der Waals surface area contributed by atoms with Gasteiger partial charge in [0.1, 0.15) is 23.4 Å². The predicted octanol–water partition coefficient (Wildman–Crippen LogP) is 7.16. The summed E-state index contributed by atoms with van der Waals surface area (Å²) in [6.45, 7) is 4.26. The Hall–Kier alpha value is -3.89. The number of hydrogen-bond donors (Lipinski definition) is 0. The average molecular weight is 520 g/mol. The molecule has 0 N–H and O–H groups in total. The third-order valence-electron chi connectivity index (χ3n) is 7.51. The van der Waals surface area contributed by atoms with Gasteiger partial charge in [-0.3, -0.25) is 4.79 Å². The van der Waals surface area contributed by atoms with Crippen LogP contribution in [0.3, 0.4) is 0 Å². The zero-order valence-electron chi connectivity index (χ0n) is 23.2. The van der Waals surface area contributed by atoms with Crippen molar-refractivity contribution in [3.05, 3.63) is 108 Å². The minimum absolute atomic E-state index is 0.193. The first kappa shape index (κ1) is 26.7. The number of likely N-dealkylation sites (tertiary alicyclic amines) is 1. The molecule has 0 unspecified atom stereocenters. The van der Waals surface area contributed by atoms with Gasteiger partial charge in [0.05, 0.1) is 7.11 Å². The first-order valence-corrected chi connectivity index (χ1v) is 13.8. The summed E-state index contributed by atoms with van der Waals surface area (Å²) in [6.07, 6.45) is 3.25. The molecule has 1 heterocycles. The first-order valence-electron chi connectivity index (χ1n) is 13.8. The summed E-state index contributed by atoms with van der Waals surface area (Å²) in [5.74, 6) is 1.94. The highest BCUT2D eigenvalue weighted by atomic mass is 16.5. The topological polar surface area (TPSA) is 38.8 Å². The lowest BCUT2D eigenvalue weighted by Gasteiger charge is -2.29. The van der Waals surface area contributed by atoms with Crippen molar-refractivity contribution < 1.29 is 14.3 Å². The highest BCUT2D eigenvalue weighted by Crippen LogP contribution is 2.32. The van der Waals surface area contributed by atoms with E-state index < -0.39 is 0 Å². The molecule has 0 aliphatic carbocycles. The quantitative estimate of drug-likeness (QED) is 0.235. The van der Waals surface area contributed by atoms with Gasteiger partial charge in [-0.15, -0.1) is 0 Å². The summed E-state index contributed by atoms with van der Waals surface area (Å²) in [6, 6.07) is 31.0. The number of nitrogens with zero attached hydrogens (tertiary/aromatic N) is 1. The Balaban J connectivity index is 1.19. The maximum Gasteiger partial charge on any atom is 0.141 e. The highest BCUT2D eigenvalue weighted by Gasteiger charge is 2.18. The number of ketones is 1. The van der Waals surface area contributed by atoms with Crippen LogP contribution in [0.15, 0.2) is 91.0 Å². The van der Waals surface area contributed by atoms with E-state index in [9.17, 15) is 4.79 Å². The number of hydrogen-bond acceptors (Lipinski definition) is 4. The highest BCUT2D eigenvalue weighted by molar-refractivity contribution is 5.84. The van der Waals surface area contributed by atoms with Crippen LogP contribution in [-0.4, -0.2) is 44.0 Å². The number of carbonyl (C=O) groups excluding carboxylic acids is 1. The molecule has 4 heteroatoms. The summed E-state index contributed by atoms with van der Waals surface area (Å²) >= 11 is 0. The molecule has 200 valence electrons. The molecule has 1 saturated heterocycles. The van der Waals surface area contributed by atoms with Crippen LogP contribution in [0.4, 0.5) is 0 Å².